The number of fused-ring (bicyclic) bond motifs is 3. The summed E-state index contributed by atoms with van der Waals surface area (Å²) >= 11 is 0. The maximum atomic E-state index is 12.2. The summed E-state index contributed by atoms with van der Waals surface area (Å²) in [5.74, 6) is 0.354. The number of nitrogens with zero attached hydrogens (tertiary/aromatic N) is 3. The van der Waals surface area contributed by atoms with Gasteiger partial charge in [-0.3, -0.25) is 4.79 Å². The van der Waals surface area contributed by atoms with E-state index in [4.69, 9.17) is 10.1 Å². The molecule has 0 unspecified atom stereocenters. The van der Waals surface area contributed by atoms with Gasteiger partial charge in [0.2, 0.25) is 0 Å². The van der Waals surface area contributed by atoms with Gasteiger partial charge in [-0.05, 0) is 38.1 Å². The summed E-state index contributed by atoms with van der Waals surface area (Å²) in [4.78, 5) is 19.9. The van der Waals surface area contributed by atoms with E-state index in [2.05, 4.69) is 31.1 Å². The van der Waals surface area contributed by atoms with Crippen molar-refractivity contribution in [3.63, 3.8) is 0 Å². The summed E-state index contributed by atoms with van der Waals surface area (Å²) in [6.45, 7) is 8.37. The molecule has 0 saturated carbocycles. The normalized spacial score (nSPS) is 17.0. The molecule has 1 aliphatic rings. The lowest BCUT2D eigenvalue weighted by Crippen LogP contribution is -2.28. The van der Waals surface area contributed by atoms with Crippen LogP contribution in [0.25, 0.3) is 16.7 Å². The van der Waals surface area contributed by atoms with Crippen molar-refractivity contribution in [2.24, 2.45) is 0 Å². The van der Waals surface area contributed by atoms with Gasteiger partial charge < -0.3 is 10.3 Å². The second-order valence-corrected chi connectivity index (χ2v) is 7.66. The van der Waals surface area contributed by atoms with E-state index in [0.717, 1.165) is 48.4 Å². The lowest BCUT2D eigenvalue weighted by molar-refractivity contribution is 0.446. The fraction of sp³-hybridized carbons (Fsp3) is 0.500. The van der Waals surface area contributed by atoms with Gasteiger partial charge in [0, 0.05) is 23.1 Å². The molecular weight excluding hydrogens is 302 g/mol. The second-order valence-electron chi connectivity index (χ2n) is 7.66. The predicted octanol–water partition coefficient (Wildman–Crippen LogP) is 2.34. The van der Waals surface area contributed by atoms with E-state index in [0.29, 0.717) is 11.6 Å². The molecule has 0 bridgehead atoms. The molecule has 3 aromatic rings. The molecule has 24 heavy (non-hydrogen) atoms. The van der Waals surface area contributed by atoms with Gasteiger partial charge in [0.25, 0.3) is 5.56 Å². The van der Waals surface area contributed by atoms with Crippen LogP contribution in [0.15, 0.2) is 23.0 Å². The van der Waals surface area contributed by atoms with Crippen LogP contribution >= 0.6 is 0 Å². The summed E-state index contributed by atoms with van der Waals surface area (Å²) in [5, 5.41) is 8.99. The van der Waals surface area contributed by atoms with Gasteiger partial charge in [-0.15, -0.1) is 5.10 Å². The molecular formula is C18H23N5O. The zero-order valence-electron chi connectivity index (χ0n) is 14.4. The van der Waals surface area contributed by atoms with Crippen LogP contribution in [0.3, 0.4) is 0 Å². The summed E-state index contributed by atoms with van der Waals surface area (Å²) in [6.07, 6.45) is 2.05. The summed E-state index contributed by atoms with van der Waals surface area (Å²) in [5.41, 5.74) is 3.33. The minimum Gasteiger partial charge on any atom is -0.317 e. The van der Waals surface area contributed by atoms with E-state index in [-0.39, 0.29) is 11.0 Å². The van der Waals surface area contributed by atoms with Crippen LogP contribution in [0.1, 0.15) is 50.9 Å². The van der Waals surface area contributed by atoms with Crippen LogP contribution in [0, 0.1) is 0 Å². The van der Waals surface area contributed by atoms with Crippen molar-refractivity contribution in [2.75, 3.05) is 13.1 Å². The van der Waals surface area contributed by atoms with Crippen LogP contribution in [-0.2, 0) is 5.41 Å². The number of hydrogen-bond donors (Lipinski definition) is 2. The summed E-state index contributed by atoms with van der Waals surface area (Å²) < 4.78 is 1.89. The van der Waals surface area contributed by atoms with Crippen molar-refractivity contribution in [1.82, 2.24) is 24.9 Å². The first-order valence-electron chi connectivity index (χ1n) is 8.57. The zero-order valence-corrected chi connectivity index (χ0v) is 14.4. The number of aromatic nitrogens is 4. The smallest absolute Gasteiger partial charge is 0.251 e. The second kappa shape index (κ2) is 5.41. The molecule has 1 saturated heterocycles. The molecule has 0 aliphatic carbocycles. The summed E-state index contributed by atoms with van der Waals surface area (Å²) in [7, 11) is 0. The molecule has 126 valence electrons. The van der Waals surface area contributed by atoms with Gasteiger partial charge in [-0.2, -0.15) is 0 Å². The number of hydrogen-bond acceptors (Lipinski definition) is 4. The Morgan fingerprint density at radius 3 is 2.67 bits per heavy atom. The maximum absolute atomic E-state index is 12.2. The van der Waals surface area contributed by atoms with Crippen LogP contribution < -0.4 is 10.9 Å². The highest BCUT2D eigenvalue weighted by molar-refractivity contribution is 5.89. The van der Waals surface area contributed by atoms with Crippen molar-refractivity contribution in [3.8, 4) is 0 Å². The fourth-order valence-electron chi connectivity index (χ4n) is 3.45. The third-order valence-electron chi connectivity index (χ3n) is 4.83. The Labute approximate surface area is 140 Å². The SMILES string of the molecule is CC(C)(C)c1ccc2c(n1)nn1c(C3CCNCC3)cc(=O)[nH]c21. The number of H-pyrrole nitrogens is 1. The quantitative estimate of drug-likeness (QED) is 0.720. The minimum atomic E-state index is -0.0715. The van der Waals surface area contributed by atoms with Crippen molar-refractivity contribution < 1.29 is 0 Å². The average Bonchev–Trinajstić information content (AvgIpc) is 2.92. The fourth-order valence-corrected chi connectivity index (χ4v) is 3.45. The molecule has 1 fully saturated rings. The highest BCUT2D eigenvalue weighted by Crippen LogP contribution is 2.28. The van der Waals surface area contributed by atoms with Gasteiger partial charge in [0.05, 0.1) is 11.1 Å². The van der Waals surface area contributed by atoms with Gasteiger partial charge in [0.1, 0.15) is 5.65 Å². The third kappa shape index (κ3) is 2.51. The Balaban J connectivity index is 1.96. The van der Waals surface area contributed by atoms with Crippen LogP contribution in [0.5, 0.6) is 0 Å². The molecule has 4 rings (SSSR count). The molecule has 0 aromatic carbocycles. The maximum Gasteiger partial charge on any atom is 0.251 e. The van der Waals surface area contributed by atoms with Gasteiger partial charge in [0.15, 0.2) is 5.65 Å². The molecule has 6 nitrogen and oxygen atoms in total. The lowest BCUT2D eigenvalue weighted by Gasteiger charge is -2.22. The molecule has 0 radical (unpaired) electrons. The molecule has 4 heterocycles. The molecule has 3 aromatic heterocycles. The lowest BCUT2D eigenvalue weighted by atomic mass is 9.91. The van der Waals surface area contributed by atoms with E-state index in [1.165, 1.54) is 0 Å². The van der Waals surface area contributed by atoms with Crippen molar-refractivity contribution >= 4 is 16.7 Å². The van der Waals surface area contributed by atoms with E-state index in [1.807, 2.05) is 16.6 Å². The zero-order chi connectivity index (χ0) is 16.9. The van der Waals surface area contributed by atoms with E-state index in [1.54, 1.807) is 6.07 Å². The number of piperidine rings is 1. The largest absolute Gasteiger partial charge is 0.317 e. The third-order valence-corrected chi connectivity index (χ3v) is 4.83. The van der Waals surface area contributed by atoms with Crippen molar-refractivity contribution in [3.05, 3.63) is 39.9 Å². The van der Waals surface area contributed by atoms with Crippen molar-refractivity contribution in [2.45, 2.75) is 44.9 Å². The molecule has 1 aliphatic heterocycles. The van der Waals surface area contributed by atoms with E-state index < -0.39 is 0 Å². The van der Waals surface area contributed by atoms with Crippen LogP contribution in [0.4, 0.5) is 0 Å². The van der Waals surface area contributed by atoms with Crippen molar-refractivity contribution in [1.29, 1.82) is 0 Å². The Morgan fingerprint density at radius 1 is 1.21 bits per heavy atom. The molecule has 2 N–H and O–H groups in total. The number of nitrogens with one attached hydrogen (secondary N) is 2. The summed E-state index contributed by atoms with van der Waals surface area (Å²) in [6, 6.07) is 5.74. The first kappa shape index (κ1) is 15.3. The first-order chi connectivity index (χ1) is 11.4. The Morgan fingerprint density at radius 2 is 1.96 bits per heavy atom. The number of aromatic amines is 1. The van der Waals surface area contributed by atoms with E-state index in [9.17, 15) is 4.79 Å². The highest BCUT2D eigenvalue weighted by atomic mass is 16.1. The minimum absolute atomic E-state index is 0.0325. The molecule has 0 spiro atoms. The number of rotatable bonds is 1. The van der Waals surface area contributed by atoms with Crippen LogP contribution in [-0.4, -0.2) is 32.7 Å². The molecule has 0 amide bonds. The van der Waals surface area contributed by atoms with Gasteiger partial charge in [-0.25, -0.2) is 9.50 Å². The molecule has 6 heteroatoms. The Hall–Kier alpha value is -2.21. The average molecular weight is 325 g/mol. The predicted molar refractivity (Wildman–Crippen MR) is 94.7 cm³/mol. The monoisotopic (exact) mass is 325 g/mol. The Bertz CT molecular complexity index is 957. The molecule has 0 atom stereocenters. The first-order valence-corrected chi connectivity index (χ1v) is 8.57. The van der Waals surface area contributed by atoms with Gasteiger partial charge >= 0.3 is 0 Å². The highest BCUT2D eigenvalue weighted by Gasteiger charge is 2.22. The van der Waals surface area contributed by atoms with Gasteiger partial charge in [-0.1, -0.05) is 20.8 Å². The standard InChI is InChI=1S/C18H23N5O/c1-18(2,3)14-5-4-12-16(20-14)22-23-13(10-15(24)21-17(12)23)11-6-8-19-9-7-11/h4-5,10-11,19H,6-9H2,1-3H3,(H,21,24). The van der Waals surface area contributed by atoms with Crippen LogP contribution in [0.2, 0.25) is 0 Å². The van der Waals surface area contributed by atoms with E-state index >= 15 is 0 Å². The Kier molecular flexibility index (Phi) is 3.46. The number of pyridine rings is 1. The topological polar surface area (TPSA) is 75.1 Å².